The summed E-state index contributed by atoms with van der Waals surface area (Å²) in [5.74, 6) is 0.388. The van der Waals surface area contributed by atoms with Gasteiger partial charge in [0.25, 0.3) is 5.91 Å². The number of rotatable bonds is 5. The van der Waals surface area contributed by atoms with Crippen molar-refractivity contribution < 1.29 is 17.6 Å². The first-order chi connectivity index (χ1) is 11.5. The van der Waals surface area contributed by atoms with Crippen LogP contribution in [-0.2, 0) is 10.0 Å². The molecule has 142 valence electrons. The van der Waals surface area contributed by atoms with Crippen LogP contribution in [0, 0.1) is 12.8 Å². The van der Waals surface area contributed by atoms with Crippen LogP contribution in [0.5, 0.6) is 0 Å². The van der Waals surface area contributed by atoms with Crippen molar-refractivity contribution in [3.05, 3.63) is 17.6 Å². The molecular formula is C16H26ClN3O4S. The highest BCUT2D eigenvalue weighted by atomic mass is 35.5. The van der Waals surface area contributed by atoms with E-state index in [2.05, 4.69) is 10.6 Å². The molecule has 3 rings (SSSR count). The Hall–Kier alpha value is -1.09. The number of amides is 1. The van der Waals surface area contributed by atoms with Gasteiger partial charge in [-0.3, -0.25) is 4.79 Å². The van der Waals surface area contributed by atoms with Crippen molar-refractivity contribution in [2.24, 2.45) is 5.92 Å². The fraction of sp³-hybridized carbons (Fsp3) is 0.688. The van der Waals surface area contributed by atoms with E-state index in [9.17, 15) is 13.2 Å². The number of furan rings is 1. The van der Waals surface area contributed by atoms with Crippen molar-refractivity contribution in [3.63, 3.8) is 0 Å². The fourth-order valence-corrected chi connectivity index (χ4v) is 5.00. The van der Waals surface area contributed by atoms with Gasteiger partial charge in [0, 0.05) is 25.7 Å². The average molecular weight is 392 g/mol. The zero-order valence-electron chi connectivity index (χ0n) is 14.4. The Morgan fingerprint density at radius 1 is 1.36 bits per heavy atom. The summed E-state index contributed by atoms with van der Waals surface area (Å²) in [6, 6.07) is 1.36. The van der Waals surface area contributed by atoms with Crippen molar-refractivity contribution >= 4 is 28.3 Å². The van der Waals surface area contributed by atoms with Crippen LogP contribution < -0.4 is 10.6 Å². The molecule has 2 saturated heterocycles. The number of halogens is 1. The number of aryl methyl sites for hydroxylation is 1. The number of hydrogen-bond donors (Lipinski definition) is 2. The summed E-state index contributed by atoms with van der Waals surface area (Å²) in [6.07, 6.45) is 3.94. The van der Waals surface area contributed by atoms with Crippen LogP contribution in [0.25, 0.3) is 0 Å². The molecule has 2 aliphatic rings. The summed E-state index contributed by atoms with van der Waals surface area (Å²) in [4.78, 5) is 12.4. The molecule has 0 radical (unpaired) electrons. The van der Waals surface area contributed by atoms with Crippen LogP contribution >= 0.6 is 12.4 Å². The van der Waals surface area contributed by atoms with Crippen LogP contribution in [-0.4, -0.2) is 51.4 Å². The lowest BCUT2D eigenvalue weighted by molar-refractivity contribution is 0.0915. The molecule has 0 aromatic carbocycles. The number of carbonyl (C=O) groups is 1. The van der Waals surface area contributed by atoms with Crippen molar-refractivity contribution in [3.8, 4) is 0 Å². The van der Waals surface area contributed by atoms with Crippen LogP contribution in [0.2, 0.25) is 0 Å². The lowest BCUT2D eigenvalue weighted by atomic mass is 10.00. The molecule has 0 bridgehead atoms. The molecule has 1 atom stereocenters. The first-order valence-electron chi connectivity index (χ1n) is 8.58. The summed E-state index contributed by atoms with van der Waals surface area (Å²) < 4.78 is 32.1. The standard InChI is InChI=1S/C16H25N3O4S.ClH/c1-12-15(24(21,22)19-7-2-3-8-19)9-14(23-12)16(20)18-11-13-5-4-6-17-10-13;/h9,13,17H,2-8,10-11H2,1H3,(H,18,20);1H. The summed E-state index contributed by atoms with van der Waals surface area (Å²) in [6.45, 7) is 5.14. The van der Waals surface area contributed by atoms with Gasteiger partial charge < -0.3 is 15.1 Å². The maximum Gasteiger partial charge on any atom is 0.287 e. The minimum atomic E-state index is -3.57. The zero-order valence-corrected chi connectivity index (χ0v) is 16.0. The van der Waals surface area contributed by atoms with Gasteiger partial charge >= 0.3 is 0 Å². The minimum absolute atomic E-state index is 0. The second-order valence-corrected chi connectivity index (χ2v) is 8.47. The number of nitrogens with zero attached hydrogens (tertiary/aromatic N) is 1. The van der Waals surface area contributed by atoms with Gasteiger partial charge in [-0.25, -0.2) is 8.42 Å². The average Bonchev–Trinajstić information content (AvgIpc) is 3.23. The molecular weight excluding hydrogens is 366 g/mol. The summed E-state index contributed by atoms with van der Waals surface area (Å²) in [7, 11) is -3.57. The first-order valence-corrected chi connectivity index (χ1v) is 10.0. The fourth-order valence-electron chi connectivity index (χ4n) is 3.32. The van der Waals surface area contributed by atoms with E-state index >= 15 is 0 Å². The van der Waals surface area contributed by atoms with E-state index in [-0.39, 0.29) is 34.7 Å². The highest BCUT2D eigenvalue weighted by Crippen LogP contribution is 2.26. The van der Waals surface area contributed by atoms with Crippen molar-refractivity contribution in [1.82, 2.24) is 14.9 Å². The van der Waals surface area contributed by atoms with Crippen LogP contribution in [0.3, 0.4) is 0 Å². The Morgan fingerprint density at radius 3 is 2.72 bits per heavy atom. The van der Waals surface area contributed by atoms with Crippen molar-refractivity contribution in [1.29, 1.82) is 0 Å². The Bertz CT molecular complexity index is 692. The van der Waals surface area contributed by atoms with Gasteiger partial charge in [-0.2, -0.15) is 4.31 Å². The molecule has 9 heteroatoms. The molecule has 1 unspecified atom stereocenters. The van der Waals surface area contributed by atoms with Crippen LogP contribution in [0.4, 0.5) is 0 Å². The second-order valence-electron chi connectivity index (χ2n) is 6.56. The number of carbonyl (C=O) groups excluding carboxylic acids is 1. The summed E-state index contributed by atoms with van der Waals surface area (Å²) in [5.41, 5.74) is 0. The third-order valence-corrected chi connectivity index (χ3v) is 6.74. The van der Waals surface area contributed by atoms with Crippen molar-refractivity contribution in [2.45, 2.75) is 37.5 Å². The predicted octanol–water partition coefficient (Wildman–Crippen LogP) is 1.52. The van der Waals surface area contributed by atoms with E-state index in [1.807, 2.05) is 0 Å². The van der Waals surface area contributed by atoms with E-state index in [0.717, 1.165) is 38.8 Å². The Morgan fingerprint density at radius 2 is 2.08 bits per heavy atom. The zero-order chi connectivity index (χ0) is 17.2. The highest BCUT2D eigenvalue weighted by Gasteiger charge is 2.31. The Balaban J connectivity index is 0.00000225. The van der Waals surface area contributed by atoms with Gasteiger partial charge in [0.2, 0.25) is 10.0 Å². The maximum atomic E-state index is 12.6. The van der Waals surface area contributed by atoms with Crippen molar-refractivity contribution in [2.75, 3.05) is 32.7 Å². The molecule has 25 heavy (non-hydrogen) atoms. The number of hydrogen-bond acceptors (Lipinski definition) is 5. The second kappa shape index (κ2) is 8.53. The number of piperidine rings is 1. The molecule has 1 aromatic heterocycles. The Kier molecular flexibility index (Phi) is 6.90. The van der Waals surface area contributed by atoms with E-state index in [0.29, 0.717) is 25.6 Å². The maximum absolute atomic E-state index is 12.6. The topological polar surface area (TPSA) is 91.6 Å². The molecule has 0 saturated carbocycles. The van der Waals surface area contributed by atoms with E-state index < -0.39 is 10.0 Å². The molecule has 0 spiro atoms. The van der Waals surface area contributed by atoms with Gasteiger partial charge in [0.05, 0.1) is 0 Å². The molecule has 2 aliphatic heterocycles. The van der Waals surface area contributed by atoms with Gasteiger partial charge in [0.15, 0.2) is 5.76 Å². The lowest BCUT2D eigenvalue weighted by Crippen LogP contribution is -2.38. The minimum Gasteiger partial charge on any atom is -0.455 e. The molecule has 2 N–H and O–H groups in total. The van der Waals surface area contributed by atoms with Gasteiger partial charge in [-0.1, -0.05) is 0 Å². The smallest absolute Gasteiger partial charge is 0.287 e. The third-order valence-electron chi connectivity index (χ3n) is 4.73. The SMILES string of the molecule is Cc1oc(C(=O)NCC2CCCNC2)cc1S(=O)(=O)N1CCCC1.Cl. The van der Waals surface area contributed by atoms with Gasteiger partial charge in [-0.05, 0) is 51.6 Å². The monoisotopic (exact) mass is 391 g/mol. The quantitative estimate of drug-likeness (QED) is 0.794. The number of sulfonamides is 1. The predicted molar refractivity (Wildman–Crippen MR) is 96.6 cm³/mol. The van der Waals surface area contributed by atoms with Gasteiger partial charge in [-0.15, -0.1) is 12.4 Å². The molecule has 3 heterocycles. The summed E-state index contributed by atoms with van der Waals surface area (Å²) in [5, 5.41) is 6.15. The lowest BCUT2D eigenvalue weighted by Gasteiger charge is -2.22. The Labute approximate surface area is 155 Å². The largest absolute Gasteiger partial charge is 0.455 e. The molecule has 1 amide bonds. The molecule has 2 fully saturated rings. The highest BCUT2D eigenvalue weighted by molar-refractivity contribution is 7.89. The van der Waals surface area contributed by atoms with Gasteiger partial charge in [0.1, 0.15) is 10.7 Å². The molecule has 0 aliphatic carbocycles. The normalized spacial score (nSPS) is 21.7. The van der Waals surface area contributed by atoms with Crippen LogP contribution in [0.15, 0.2) is 15.4 Å². The van der Waals surface area contributed by atoms with Crippen LogP contribution in [0.1, 0.15) is 42.0 Å². The number of nitrogens with one attached hydrogen (secondary N) is 2. The van der Waals surface area contributed by atoms with E-state index in [1.54, 1.807) is 6.92 Å². The van der Waals surface area contributed by atoms with E-state index in [1.165, 1.54) is 10.4 Å². The molecule has 1 aromatic rings. The summed E-state index contributed by atoms with van der Waals surface area (Å²) >= 11 is 0. The third kappa shape index (κ3) is 4.55. The molecule has 7 nitrogen and oxygen atoms in total. The first kappa shape index (κ1) is 20.2. The van der Waals surface area contributed by atoms with E-state index in [4.69, 9.17) is 4.42 Å².